The van der Waals surface area contributed by atoms with E-state index in [1.165, 1.54) is 18.2 Å². The molecule has 1 amide bonds. The standard InChI is InChI=1S/C13H15N3O3/c1-8-10(7-16(2)15-8)6-14-13(19)9-3-4-11(17)12(18)5-9/h3-5,7,17-18H,6H2,1-2H3,(H,14,19). The SMILES string of the molecule is Cc1nn(C)cc1CNC(=O)c1ccc(O)c(O)c1. The third-order valence-corrected chi connectivity index (χ3v) is 2.79. The molecular formula is C13H15N3O3. The van der Waals surface area contributed by atoms with Crippen molar-refractivity contribution in [2.75, 3.05) is 0 Å². The Hall–Kier alpha value is -2.50. The fourth-order valence-corrected chi connectivity index (χ4v) is 1.76. The van der Waals surface area contributed by atoms with Crippen LogP contribution >= 0.6 is 0 Å². The molecule has 1 heterocycles. The number of aryl methyl sites for hydroxylation is 2. The first kappa shape index (κ1) is 12.9. The van der Waals surface area contributed by atoms with Crippen LogP contribution in [0.15, 0.2) is 24.4 Å². The van der Waals surface area contributed by atoms with Crippen LogP contribution < -0.4 is 5.32 Å². The van der Waals surface area contributed by atoms with E-state index in [-0.39, 0.29) is 23.0 Å². The highest BCUT2D eigenvalue weighted by molar-refractivity contribution is 5.94. The van der Waals surface area contributed by atoms with Crippen molar-refractivity contribution in [1.29, 1.82) is 0 Å². The van der Waals surface area contributed by atoms with Gasteiger partial charge in [0.25, 0.3) is 5.91 Å². The molecule has 2 rings (SSSR count). The van der Waals surface area contributed by atoms with E-state index < -0.39 is 0 Å². The van der Waals surface area contributed by atoms with Crippen molar-refractivity contribution in [3.8, 4) is 11.5 Å². The lowest BCUT2D eigenvalue weighted by Crippen LogP contribution is -2.22. The molecule has 3 N–H and O–H groups in total. The van der Waals surface area contributed by atoms with Crippen LogP contribution in [0.3, 0.4) is 0 Å². The Bertz CT molecular complexity index is 620. The normalized spacial score (nSPS) is 10.4. The lowest BCUT2D eigenvalue weighted by molar-refractivity contribution is 0.0950. The molecule has 0 radical (unpaired) electrons. The number of amides is 1. The summed E-state index contributed by atoms with van der Waals surface area (Å²) in [5.74, 6) is -0.886. The molecule has 1 aromatic heterocycles. The molecule has 19 heavy (non-hydrogen) atoms. The maximum atomic E-state index is 11.9. The highest BCUT2D eigenvalue weighted by Crippen LogP contribution is 2.24. The predicted molar refractivity (Wildman–Crippen MR) is 68.9 cm³/mol. The van der Waals surface area contributed by atoms with Gasteiger partial charge in [0.15, 0.2) is 11.5 Å². The first-order valence-electron chi connectivity index (χ1n) is 5.76. The molecule has 0 aliphatic carbocycles. The second-order valence-electron chi connectivity index (χ2n) is 4.30. The van der Waals surface area contributed by atoms with Gasteiger partial charge in [-0.15, -0.1) is 0 Å². The van der Waals surface area contributed by atoms with Crippen molar-refractivity contribution in [3.05, 3.63) is 41.2 Å². The summed E-state index contributed by atoms with van der Waals surface area (Å²) in [6, 6.07) is 3.95. The molecule has 6 nitrogen and oxygen atoms in total. The van der Waals surface area contributed by atoms with Gasteiger partial charge < -0.3 is 15.5 Å². The molecule has 2 aromatic rings. The van der Waals surface area contributed by atoms with Crippen molar-refractivity contribution < 1.29 is 15.0 Å². The van der Waals surface area contributed by atoms with Gasteiger partial charge in [-0.25, -0.2) is 0 Å². The molecule has 1 aromatic carbocycles. The van der Waals surface area contributed by atoms with Crippen LogP contribution in [0.2, 0.25) is 0 Å². The predicted octanol–water partition coefficient (Wildman–Crippen LogP) is 1.07. The van der Waals surface area contributed by atoms with E-state index in [1.807, 2.05) is 20.2 Å². The summed E-state index contributed by atoms with van der Waals surface area (Å²) in [6.07, 6.45) is 1.84. The fraction of sp³-hybridized carbons (Fsp3) is 0.231. The van der Waals surface area contributed by atoms with Crippen molar-refractivity contribution >= 4 is 5.91 Å². The molecule has 0 fully saturated rings. The Morgan fingerprint density at radius 1 is 1.37 bits per heavy atom. The molecule has 0 aliphatic rings. The minimum absolute atomic E-state index is 0.250. The van der Waals surface area contributed by atoms with Crippen LogP contribution in [0, 0.1) is 6.92 Å². The minimum Gasteiger partial charge on any atom is -0.504 e. The number of rotatable bonds is 3. The zero-order valence-electron chi connectivity index (χ0n) is 10.7. The van der Waals surface area contributed by atoms with E-state index >= 15 is 0 Å². The van der Waals surface area contributed by atoms with Crippen molar-refractivity contribution in [1.82, 2.24) is 15.1 Å². The van der Waals surface area contributed by atoms with E-state index in [0.29, 0.717) is 6.54 Å². The molecule has 0 saturated heterocycles. The second-order valence-corrected chi connectivity index (χ2v) is 4.30. The summed E-state index contributed by atoms with van der Waals surface area (Å²) in [4.78, 5) is 11.9. The Labute approximate surface area is 110 Å². The third-order valence-electron chi connectivity index (χ3n) is 2.79. The molecule has 100 valence electrons. The van der Waals surface area contributed by atoms with Gasteiger partial charge >= 0.3 is 0 Å². The molecule has 0 aliphatic heterocycles. The number of hydrogen-bond donors (Lipinski definition) is 3. The number of benzene rings is 1. The number of nitrogens with one attached hydrogen (secondary N) is 1. The average molecular weight is 261 g/mol. The molecule has 6 heteroatoms. The van der Waals surface area contributed by atoms with Gasteiger partial charge in [0, 0.05) is 30.9 Å². The summed E-state index contributed by atoms with van der Waals surface area (Å²) in [5.41, 5.74) is 2.08. The summed E-state index contributed by atoms with van der Waals surface area (Å²) < 4.78 is 1.68. The topological polar surface area (TPSA) is 87.4 Å². The molecular weight excluding hydrogens is 246 g/mol. The third kappa shape index (κ3) is 2.85. The van der Waals surface area contributed by atoms with Crippen LogP contribution in [0.4, 0.5) is 0 Å². The average Bonchev–Trinajstić information content (AvgIpc) is 2.68. The van der Waals surface area contributed by atoms with Crippen molar-refractivity contribution in [3.63, 3.8) is 0 Å². The summed E-state index contributed by atoms with van der Waals surface area (Å²) in [5, 5.41) is 25.4. The van der Waals surface area contributed by atoms with Crippen molar-refractivity contribution in [2.45, 2.75) is 13.5 Å². The van der Waals surface area contributed by atoms with Crippen LogP contribution in [0.25, 0.3) is 0 Å². The van der Waals surface area contributed by atoms with E-state index in [9.17, 15) is 15.0 Å². The maximum Gasteiger partial charge on any atom is 0.251 e. The number of aromatic nitrogens is 2. The molecule has 0 atom stereocenters. The van der Waals surface area contributed by atoms with Gasteiger partial charge in [-0.1, -0.05) is 0 Å². The summed E-state index contributed by atoms with van der Waals surface area (Å²) in [6.45, 7) is 2.23. The lowest BCUT2D eigenvalue weighted by Gasteiger charge is -2.05. The molecule has 0 unspecified atom stereocenters. The van der Waals surface area contributed by atoms with Crippen molar-refractivity contribution in [2.24, 2.45) is 7.05 Å². The monoisotopic (exact) mass is 261 g/mol. The number of phenolic OH excluding ortho intramolecular Hbond substituents is 2. The van der Waals surface area contributed by atoms with Crippen LogP contribution in [-0.2, 0) is 13.6 Å². The number of carbonyl (C=O) groups excluding carboxylic acids is 1. The smallest absolute Gasteiger partial charge is 0.251 e. The van der Waals surface area contributed by atoms with Crippen LogP contribution in [0.1, 0.15) is 21.6 Å². The zero-order valence-corrected chi connectivity index (χ0v) is 10.7. The summed E-state index contributed by atoms with van der Waals surface area (Å²) in [7, 11) is 1.82. The first-order valence-corrected chi connectivity index (χ1v) is 5.76. The number of nitrogens with zero attached hydrogens (tertiary/aromatic N) is 2. The fourth-order valence-electron chi connectivity index (χ4n) is 1.76. The summed E-state index contributed by atoms with van der Waals surface area (Å²) >= 11 is 0. The lowest BCUT2D eigenvalue weighted by atomic mass is 10.2. The first-order chi connectivity index (χ1) is 8.97. The number of carbonyl (C=O) groups is 1. The van der Waals surface area contributed by atoms with E-state index in [4.69, 9.17) is 0 Å². The van der Waals surface area contributed by atoms with Gasteiger partial charge in [-0.05, 0) is 25.1 Å². The Balaban J connectivity index is 2.05. The van der Waals surface area contributed by atoms with E-state index in [0.717, 1.165) is 11.3 Å². The van der Waals surface area contributed by atoms with Gasteiger partial charge in [-0.2, -0.15) is 5.10 Å². The number of aromatic hydroxyl groups is 2. The highest BCUT2D eigenvalue weighted by Gasteiger charge is 2.10. The highest BCUT2D eigenvalue weighted by atomic mass is 16.3. The largest absolute Gasteiger partial charge is 0.504 e. The van der Waals surface area contributed by atoms with Gasteiger partial charge in [-0.3, -0.25) is 9.48 Å². The molecule has 0 spiro atoms. The Morgan fingerprint density at radius 3 is 2.68 bits per heavy atom. The van der Waals surface area contributed by atoms with Gasteiger partial charge in [0.05, 0.1) is 5.69 Å². The maximum absolute atomic E-state index is 11.9. The zero-order chi connectivity index (χ0) is 14.0. The molecule has 0 saturated carbocycles. The Kier molecular flexibility index (Phi) is 3.41. The van der Waals surface area contributed by atoms with Crippen LogP contribution in [0.5, 0.6) is 11.5 Å². The van der Waals surface area contributed by atoms with E-state index in [1.54, 1.807) is 4.68 Å². The molecule has 0 bridgehead atoms. The number of hydrogen-bond acceptors (Lipinski definition) is 4. The Morgan fingerprint density at radius 2 is 2.11 bits per heavy atom. The quantitative estimate of drug-likeness (QED) is 0.721. The van der Waals surface area contributed by atoms with Gasteiger partial charge in [0.1, 0.15) is 0 Å². The number of phenols is 2. The van der Waals surface area contributed by atoms with Crippen LogP contribution in [-0.4, -0.2) is 25.9 Å². The minimum atomic E-state index is -0.321. The van der Waals surface area contributed by atoms with E-state index in [2.05, 4.69) is 10.4 Å². The van der Waals surface area contributed by atoms with Gasteiger partial charge in [0.2, 0.25) is 0 Å². The second kappa shape index (κ2) is 5.01.